The molecule has 222 valence electrons. The second kappa shape index (κ2) is 13.9. The topological polar surface area (TPSA) is 85.3 Å². The maximum atomic E-state index is 12.9. The van der Waals surface area contributed by atoms with Gasteiger partial charge < -0.3 is 24.4 Å². The minimum absolute atomic E-state index is 0.240. The smallest absolute Gasteiger partial charge is 0.419 e. The number of benzene rings is 2. The average molecular weight is 565 g/mol. The van der Waals surface area contributed by atoms with Crippen LogP contribution < -0.4 is 14.8 Å². The summed E-state index contributed by atoms with van der Waals surface area (Å²) in [5, 5.41) is 3.79. The summed E-state index contributed by atoms with van der Waals surface area (Å²) in [7, 11) is 2.13. The van der Waals surface area contributed by atoms with Gasteiger partial charge in [-0.1, -0.05) is 31.5 Å². The number of aryl methyl sites for hydroxylation is 1. The molecular formula is C32H44N4O5. The van der Waals surface area contributed by atoms with Gasteiger partial charge in [0.1, 0.15) is 23.7 Å². The van der Waals surface area contributed by atoms with Crippen LogP contribution in [0.3, 0.4) is 0 Å². The number of piperazine rings is 1. The molecule has 1 aliphatic heterocycles. The largest absolute Gasteiger partial charge is 0.489 e. The predicted octanol–water partition coefficient (Wildman–Crippen LogP) is 5.68. The first-order valence-electron chi connectivity index (χ1n) is 14.6. The third-order valence-electron chi connectivity index (χ3n) is 7.04. The molecule has 4 rings (SSSR count). The van der Waals surface area contributed by atoms with Crippen molar-refractivity contribution in [2.24, 2.45) is 0 Å². The van der Waals surface area contributed by atoms with E-state index in [0.717, 1.165) is 74.0 Å². The number of aromatic nitrogens is 1. The number of hydrogen-bond acceptors (Lipinski definition) is 7. The molecule has 9 heteroatoms. The van der Waals surface area contributed by atoms with E-state index < -0.39 is 17.8 Å². The van der Waals surface area contributed by atoms with E-state index in [1.807, 2.05) is 57.2 Å². The van der Waals surface area contributed by atoms with E-state index in [1.165, 1.54) is 4.57 Å². The third-order valence-corrected chi connectivity index (χ3v) is 7.04. The Balaban J connectivity index is 1.43. The van der Waals surface area contributed by atoms with Gasteiger partial charge in [0.05, 0.1) is 5.52 Å². The fourth-order valence-electron chi connectivity index (χ4n) is 4.82. The monoisotopic (exact) mass is 564 g/mol. The van der Waals surface area contributed by atoms with E-state index in [2.05, 4.69) is 29.1 Å². The molecule has 1 fully saturated rings. The van der Waals surface area contributed by atoms with E-state index in [0.29, 0.717) is 18.0 Å². The highest BCUT2D eigenvalue weighted by atomic mass is 16.6. The molecule has 2 aromatic carbocycles. The number of likely N-dealkylation sites (N-methyl/N-ethyl adjacent to an activating group) is 1. The van der Waals surface area contributed by atoms with Crippen LogP contribution in [-0.4, -0.2) is 78.5 Å². The summed E-state index contributed by atoms with van der Waals surface area (Å²) >= 11 is 0. The van der Waals surface area contributed by atoms with E-state index in [-0.39, 0.29) is 6.61 Å². The fourth-order valence-corrected chi connectivity index (χ4v) is 4.82. The molecule has 2 heterocycles. The first-order chi connectivity index (χ1) is 19.6. The lowest BCUT2D eigenvalue weighted by molar-refractivity contribution is 0.0544. The Morgan fingerprint density at radius 3 is 2.46 bits per heavy atom. The minimum atomic E-state index is -0.606. The van der Waals surface area contributed by atoms with Crippen LogP contribution in [0, 0.1) is 0 Å². The predicted molar refractivity (Wildman–Crippen MR) is 161 cm³/mol. The highest BCUT2D eigenvalue weighted by Gasteiger charge is 2.21. The van der Waals surface area contributed by atoms with Gasteiger partial charge >= 0.3 is 12.2 Å². The van der Waals surface area contributed by atoms with Crippen molar-refractivity contribution >= 4 is 23.1 Å². The van der Waals surface area contributed by atoms with Gasteiger partial charge in [-0.05, 0) is 64.4 Å². The number of ether oxygens (including phenoxy) is 3. The number of amides is 1. The average Bonchev–Trinajstić information content (AvgIpc) is 3.30. The lowest BCUT2D eigenvalue weighted by Crippen LogP contribution is -2.47. The Hall–Kier alpha value is -3.56. The zero-order valence-electron chi connectivity index (χ0n) is 25.1. The zero-order chi connectivity index (χ0) is 29.4. The molecular weight excluding hydrogens is 520 g/mol. The summed E-state index contributed by atoms with van der Waals surface area (Å²) in [6.45, 7) is 13.3. The lowest BCUT2D eigenvalue weighted by atomic mass is 10.1. The molecule has 0 bridgehead atoms. The quantitative estimate of drug-likeness (QED) is 0.339. The maximum Gasteiger partial charge on any atom is 0.419 e. The van der Waals surface area contributed by atoms with Crippen molar-refractivity contribution in [1.82, 2.24) is 19.7 Å². The number of rotatable bonds is 10. The van der Waals surface area contributed by atoms with Crippen molar-refractivity contribution in [2.75, 3.05) is 46.3 Å². The molecule has 0 saturated carbocycles. The van der Waals surface area contributed by atoms with Gasteiger partial charge in [0.15, 0.2) is 0 Å². The SMILES string of the molecule is CCCCc1cc(OCc2cn(C(=O)OC(C)(C)C)c3ccccc23)cc(OC(=O)NCCN2CCN(C)CC2)c1. The van der Waals surface area contributed by atoms with Crippen LogP contribution in [0.5, 0.6) is 11.5 Å². The van der Waals surface area contributed by atoms with E-state index in [4.69, 9.17) is 14.2 Å². The Labute approximate surface area is 243 Å². The minimum Gasteiger partial charge on any atom is -0.489 e. The van der Waals surface area contributed by atoms with Gasteiger partial charge in [0.2, 0.25) is 0 Å². The summed E-state index contributed by atoms with van der Waals surface area (Å²) in [5.41, 5.74) is 2.05. The summed E-state index contributed by atoms with van der Waals surface area (Å²) < 4.78 is 19.0. The second-order valence-corrected chi connectivity index (χ2v) is 11.7. The molecule has 1 aliphatic rings. The van der Waals surface area contributed by atoms with Gasteiger partial charge in [-0.25, -0.2) is 9.59 Å². The Morgan fingerprint density at radius 2 is 1.73 bits per heavy atom. The van der Waals surface area contributed by atoms with Crippen molar-refractivity contribution in [1.29, 1.82) is 0 Å². The summed E-state index contributed by atoms with van der Waals surface area (Å²) in [6, 6.07) is 13.3. The number of carbonyl (C=O) groups excluding carboxylic acids is 2. The fraction of sp³-hybridized carbons (Fsp3) is 0.500. The van der Waals surface area contributed by atoms with Crippen molar-refractivity contribution in [3.8, 4) is 11.5 Å². The lowest BCUT2D eigenvalue weighted by Gasteiger charge is -2.32. The molecule has 0 atom stereocenters. The van der Waals surface area contributed by atoms with Crippen molar-refractivity contribution in [3.63, 3.8) is 0 Å². The first-order valence-corrected chi connectivity index (χ1v) is 14.6. The number of hydrogen-bond donors (Lipinski definition) is 1. The standard InChI is InChI=1S/C32H44N4O5/c1-6-7-10-24-19-26(21-27(20-24)40-30(37)33-13-14-35-17-15-34(5)16-18-35)39-23-25-22-36(31(38)41-32(2,3)4)29-12-9-8-11-28(25)29/h8-9,11-12,19-22H,6-7,10,13-18,23H2,1-5H3,(H,33,37). The number of nitrogens with zero attached hydrogens (tertiary/aromatic N) is 3. The molecule has 0 unspecified atom stereocenters. The van der Waals surface area contributed by atoms with Crippen molar-refractivity contribution < 1.29 is 23.8 Å². The zero-order valence-corrected chi connectivity index (χ0v) is 25.1. The molecule has 0 aliphatic carbocycles. The van der Waals surface area contributed by atoms with Crippen molar-refractivity contribution in [3.05, 3.63) is 59.8 Å². The summed E-state index contributed by atoms with van der Waals surface area (Å²) in [4.78, 5) is 30.1. The van der Waals surface area contributed by atoms with Crippen molar-refractivity contribution in [2.45, 2.75) is 59.2 Å². The molecule has 0 spiro atoms. The third kappa shape index (κ3) is 8.96. The highest BCUT2D eigenvalue weighted by Crippen LogP contribution is 2.28. The number of carbonyl (C=O) groups is 2. The first kappa shape index (κ1) is 30.4. The number of nitrogens with one attached hydrogen (secondary N) is 1. The van der Waals surface area contributed by atoms with Crippen LogP contribution in [-0.2, 0) is 17.8 Å². The molecule has 41 heavy (non-hydrogen) atoms. The maximum absolute atomic E-state index is 12.9. The second-order valence-electron chi connectivity index (χ2n) is 11.7. The van der Waals surface area contributed by atoms with E-state index >= 15 is 0 Å². The summed E-state index contributed by atoms with van der Waals surface area (Å²) in [5.74, 6) is 1.05. The Bertz CT molecular complexity index is 1320. The molecule has 1 aromatic heterocycles. The van der Waals surface area contributed by atoms with Crippen LogP contribution in [0.25, 0.3) is 10.9 Å². The van der Waals surface area contributed by atoms with Gasteiger partial charge in [-0.2, -0.15) is 0 Å². The molecule has 1 amide bonds. The number of unbranched alkanes of at least 4 members (excludes halogenated alkanes) is 1. The van der Waals surface area contributed by atoms with Gasteiger partial charge in [-0.3, -0.25) is 9.47 Å². The number of fused-ring (bicyclic) bond motifs is 1. The molecule has 9 nitrogen and oxygen atoms in total. The van der Waals surface area contributed by atoms with Gasteiger partial charge in [0, 0.05) is 62.5 Å². The van der Waals surface area contributed by atoms with E-state index in [9.17, 15) is 9.59 Å². The van der Waals surface area contributed by atoms with Crippen LogP contribution in [0.1, 0.15) is 51.7 Å². The molecule has 3 aromatic rings. The molecule has 1 N–H and O–H groups in total. The summed E-state index contributed by atoms with van der Waals surface area (Å²) in [6.07, 6.45) is 3.79. The highest BCUT2D eigenvalue weighted by molar-refractivity contribution is 5.92. The van der Waals surface area contributed by atoms with Crippen LogP contribution >= 0.6 is 0 Å². The van der Waals surface area contributed by atoms with E-state index in [1.54, 1.807) is 12.3 Å². The molecule has 0 radical (unpaired) electrons. The van der Waals surface area contributed by atoms with Gasteiger partial charge in [0.25, 0.3) is 0 Å². The van der Waals surface area contributed by atoms with Crippen LogP contribution in [0.4, 0.5) is 9.59 Å². The Morgan fingerprint density at radius 1 is 1.00 bits per heavy atom. The van der Waals surface area contributed by atoms with Crippen LogP contribution in [0.15, 0.2) is 48.7 Å². The molecule has 1 saturated heterocycles. The van der Waals surface area contributed by atoms with Gasteiger partial charge in [-0.15, -0.1) is 0 Å². The normalized spacial score (nSPS) is 14.7. The number of para-hydroxylation sites is 1. The Kier molecular flexibility index (Phi) is 10.3. The van der Waals surface area contributed by atoms with Crippen LogP contribution in [0.2, 0.25) is 0 Å².